The van der Waals surface area contributed by atoms with Crippen LogP contribution < -0.4 is 0 Å². The number of carbonyl (C=O) groups excluding carboxylic acids is 1. The van der Waals surface area contributed by atoms with Crippen molar-refractivity contribution in [1.82, 2.24) is 0 Å². The third kappa shape index (κ3) is 1.46. The van der Waals surface area contributed by atoms with Gasteiger partial charge in [0.1, 0.15) is 5.78 Å². The zero-order chi connectivity index (χ0) is 15.3. The molecule has 0 saturated heterocycles. The second-order valence-corrected chi connectivity index (χ2v) is 14.4. The molecule has 4 aliphatic rings. The van der Waals surface area contributed by atoms with Crippen molar-refractivity contribution in [2.75, 3.05) is 0 Å². The molecule has 0 unspecified atom stereocenters. The Morgan fingerprint density at radius 1 is 1.14 bits per heavy atom. The van der Waals surface area contributed by atoms with Crippen molar-refractivity contribution >= 4 is 14.1 Å². The van der Waals surface area contributed by atoms with Gasteiger partial charge in [-0.25, -0.2) is 0 Å². The normalized spacial score (nSPS) is 48.2. The van der Waals surface area contributed by atoms with Gasteiger partial charge in [-0.1, -0.05) is 20.8 Å². The quantitative estimate of drug-likeness (QED) is 0.700. The molecule has 4 saturated carbocycles. The van der Waals surface area contributed by atoms with Gasteiger partial charge < -0.3 is 4.43 Å². The Kier molecular flexibility index (Phi) is 2.64. The molecular formula is C18H30O2Si. The van der Waals surface area contributed by atoms with Crippen LogP contribution in [0.1, 0.15) is 59.3 Å². The SMILES string of the molecule is CC(C)(C)[Si](C)(C)O[C@]12CC[C@@H]3CC(=O)[C@@H]4C[C@@H](CC1)[C@]342. The lowest BCUT2D eigenvalue weighted by molar-refractivity contribution is -0.154. The summed E-state index contributed by atoms with van der Waals surface area (Å²) in [4.78, 5) is 12.4. The van der Waals surface area contributed by atoms with Crippen molar-refractivity contribution in [2.45, 2.75) is 83.0 Å². The summed E-state index contributed by atoms with van der Waals surface area (Å²) in [7, 11) is -1.77. The molecule has 4 fully saturated rings. The first-order chi connectivity index (χ1) is 9.64. The van der Waals surface area contributed by atoms with Gasteiger partial charge >= 0.3 is 0 Å². The molecule has 0 N–H and O–H groups in total. The molecule has 4 rings (SSSR count). The molecule has 118 valence electrons. The number of ketones is 1. The summed E-state index contributed by atoms with van der Waals surface area (Å²) in [5.41, 5.74) is 0.347. The van der Waals surface area contributed by atoms with Crippen molar-refractivity contribution in [2.24, 2.45) is 23.2 Å². The number of hydrogen-bond acceptors (Lipinski definition) is 2. The molecule has 2 nitrogen and oxygen atoms in total. The van der Waals surface area contributed by atoms with Gasteiger partial charge in [0.25, 0.3) is 0 Å². The van der Waals surface area contributed by atoms with E-state index >= 15 is 0 Å². The molecule has 4 aliphatic carbocycles. The summed E-state index contributed by atoms with van der Waals surface area (Å²) in [6, 6.07) is 0. The summed E-state index contributed by atoms with van der Waals surface area (Å²) in [6.07, 6.45) is 7.05. The van der Waals surface area contributed by atoms with E-state index in [9.17, 15) is 4.79 Å². The molecule has 0 radical (unpaired) electrons. The van der Waals surface area contributed by atoms with Crippen LogP contribution in [0.25, 0.3) is 0 Å². The van der Waals surface area contributed by atoms with Crippen LogP contribution in [0.5, 0.6) is 0 Å². The first kappa shape index (κ1) is 14.4. The predicted octanol–water partition coefficient (Wildman–Crippen LogP) is 4.55. The summed E-state index contributed by atoms with van der Waals surface area (Å²) in [6.45, 7) is 11.8. The van der Waals surface area contributed by atoms with Gasteiger partial charge in [0.05, 0.1) is 5.60 Å². The Morgan fingerprint density at radius 2 is 1.76 bits per heavy atom. The number of carbonyl (C=O) groups is 1. The third-order valence-corrected chi connectivity index (χ3v) is 12.6. The van der Waals surface area contributed by atoms with Crippen LogP contribution in [-0.4, -0.2) is 19.7 Å². The maximum Gasteiger partial charge on any atom is 0.192 e. The van der Waals surface area contributed by atoms with Crippen molar-refractivity contribution < 1.29 is 9.22 Å². The Labute approximate surface area is 130 Å². The minimum absolute atomic E-state index is 0.0699. The molecule has 21 heavy (non-hydrogen) atoms. The van der Waals surface area contributed by atoms with E-state index in [1.807, 2.05) is 0 Å². The molecule has 3 heteroatoms. The Morgan fingerprint density at radius 3 is 2.38 bits per heavy atom. The van der Waals surface area contributed by atoms with E-state index in [0.717, 1.165) is 12.3 Å². The van der Waals surface area contributed by atoms with Crippen LogP contribution in [0.3, 0.4) is 0 Å². The fraction of sp³-hybridized carbons (Fsp3) is 0.944. The first-order valence-corrected chi connectivity index (χ1v) is 11.8. The summed E-state index contributed by atoms with van der Waals surface area (Å²) in [5, 5.41) is 0.260. The van der Waals surface area contributed by atoms with E-state index in [-0.39, 0.29) is 16.1 Å². The van der Waals surface area contributed by atoms with Gasteiger partial charge in [-0.05, 0) is 62.1 Å². The van der Waals surface area contributed by atoms with Gasteiger partial charge in [0.15, 0.2) is 8.32 Å². The molecule has 0 aliphatic heterocycles. The van der Waals surface area contributed by atoms with Crippen LogP contribution >= 0.6 is 0 Å². The number of hydrogen-bond donors (Lipinski definition) is 0. The van der Waals surface area contributed by atoms with Crippen LogP contribution in [0, 0.1) is 23.2 Å². The Bertz CT molecular complexity index is 502. The van der Waals surface area contributed by atoms with Gasteiger partial charge in [-0.3, -0.25) is 4.79 Å². The van der Waals surface area contributed by atoms with Crippen molar-refractivity contribution in [1.29, 1.82) is 0 Å². The van der Waals surface area contributed by atoms with Gasteiger partial charge in [0, 0.05) is 17.8 Å². The highest BCUT2D eigenvalue weighted by Gasteiger charge is 2.79. The zero-order valence-corrected chi connectivity index (χ0v) is 15.3. The second-order valence-electron chi connectivity index (χ2n) is 9.72. The molecule has 0 aromatic heterocycles. The lowest BCUT2D eigenvalue weighted by Gasteiger charge is -2.58. The largest absolute Gasteiger partial charge is 0.411 e. The van der Waals surface area contributed by atoms with Crippen LogP contribution in [-0.2, 0) is 9.22 Å². The van der Waals surface area contributed by atoms with Gasteiger partial charge in [-0.2, -0.15) is 0 Å². The average molecular weight is 307 g/mol. The second kappa shape index (κ2) is 3.84. The fourth-order valence-corrected chi connectivity index (χ4v) is 8.00. The van der Waals surface area contributed by atoms with Gasteiger partial charge in [0.2, 0.25) is 0 Å². The predicted molar refractivity (Wildman–Crippen MR) is 86.6 cm³/mol. The Balaban J connectivity index is 1.74. The standard InChI is InChI=1S/C18H30O2Si/c1-16(2,3)21(4,5)20-17-8-6-12-10-14-15(19)11-13(7-9-17)18(12,14)17/h12-14H,6-11H2,1-5H3/t12-,13-,14+,17+,18+/m1/s1. The molecule has 0 bridgehead atoms. The van der Waals surface area contributed by atoms with Crippen LogP contribution in [0.2, 0.25) is 18.1 Å². The maximum atomic E-state index is 12.4. The number of rotatable bonds is 2. The van der Waals surface area contributed by atoms with Gasteiger partial charge in [-0.15, -0.1) is 0 Å². The summed E-state index contributed by atoms with van der Waals surface area (Å²) in [5.74, 6) is 2.38. The van der Waals surface area contributed by atoms with Crippen molar-refractivity contribution in [3.05, 3.63) is 0 Å². The zero-order valence-electron chi connectivity index (χ0n) is 14.3. The van der Waals surface area contributed by atoms with Crippen LogP contribution in [0.15, 0.2) is 0 Å². The highest BCUT2D eigenvalue weighted by Crippen LogP contribution is 2.79. The Hall–Kier alpha value is -0.153. The molecule has 0 aromatic carbocycles. The van der Waals surface area contributed by atoms with E-state index in [0.29, 0.717) is 17.6 Å². The monoisotopic (exact) mass is 306 g/mol. The van der Waals surface area contributed by atoms with E-state index in [1.54, 1.807) is 0 Å². The minimum atomic E-state index is -1.77. The minimum Gasteiger partial charge on any atom is -0.411 e. The fourth-order valence-electron chi connectivity index (χ4n) is 6.33. The lowest BCUT2D eigenvalue weighted by Crippen LogP contribution is -2.61. The smallest absolute Gasteiger partial charge is 0.192 e. The highest BCUT2D eigenvalue weighted by atomic mass is 28.4. The van der Waals surface area contributed by atoms with E-state index < -0.39 is 8.32 Å². The molecule has 0 aromatic rings. The third-order valence-electron chi connectivity index (χ3n) is 8.12. The van der Waals surface area contributed by atoms with E-state index in [4.69, 9.17) is 4.43 Å². The molecule has 0 amide bonds. The molecule has 0 heterocycles. The molecule has 5 atom stereocenters. The molecular weight excluding hydrogens is 276 g/mol. The highest BCUT2D eigenvalue weighted by molar-refractivity contribution is 6.74. The van der Waals surface area contributed by atoms with E-state index in [1.165, 1.54) is 32.1 Å². The summed E-state index contributed by atoms with van der Waals surface area (Å²) < 4.78 is 7.12. The van der Waals surface area contributed by atoms with Crippen LogP contribution in [0.4, 0.5) is 0 Å². The van der Waals surface area contributed by atoms with E-state index in [2.05, 4.69) is 33.9 Å². The maximum absolute atomic E-state index is 12.4. The van der Waals surface area contributed by atoms with Crippen molar-refractivity contribution in [3.63, 3.8) is 0 Å². The van der Waals surface area contributed by atoms with Crippen molar-refractivity contribution in [3.8, 4) is 0 Å². The topological polar surface area (TPSA) is 26.3 Å². The number of Topliss-reactive ketones (excluding diaryl/α,β-unsaturated/α-hetero) is 1. The average Bonchev–Trinajstić information content (AvgIpc) is 2.80. The molecule has 1 spiro atoms. The first-order valence-electron chi connectivity index (χ1n) is 8.87. The lowest BCUT2D eigenvalue weighted by atomic mass is 9.51. The summed E-state index contributed by atoms with van der Waals surface area (Å²) >= 11 is 0.